The van der Waals surface area contributed by atoms with Crippen LogP contribution in [0.2, 0.25) is 0 Å². The Labute approximate surface area is 143 Å². The largest absolute Gasteiger partial charge is 0.364 e. The average molecular weight is 326 g/mol. The van der Waals surface area contributed by atoms with Crippen molar-refractivity contribution in [2.24, 2.45) is 10.9 Å². The van der Waals surface area contributed by atoms with Crippen molar-refractivity contribution in [2.45, 2.75) is 32.7 Å². The lowest BCUT2D eigenvalue weighted by molar-refractivity contribution is 0.259. The van der Waals surface area contributed by atoms with Gasteiger partial charge in [0.15, 0.2) is 5.96 Å². The molecule has 1 saturated heterocycles. The molecule has 0 unspecified atom stereocenters. The smallest absolute Gasteiger partial charge is 0.194 e. The lowest BCUT2D eigenvalue weighted by Gasteiger charge is -2.34. The average Bonchev–Trinajstić information content (AvgIpc) is 3.14. The molecule has 0 saturated carbocycles. The van der Waals surface area contributed by atoms with Crippen molar-refractivity contribution in [3.05, 3.63) is 53.9 Å². The van der Waals surface area contributed by atoms with Crippen molar-refractivity contribution in [3.63, 3.8) is 0 Å². The van der Waals surface area contributed by atoms with Crippen LogP contribution in [-0.2, 0) is 13.0 Å². The topological polar surface area (TPSA) is 53.7 Å². The van der Waals surface area contributed by atoms with Crippen LogP contribution in [0.15, 0.2) is 52.2 Å². The Hall–Kier alpha value is -2.30. The number of benzene rings is 1. The highest BCUT2D eigenvalue weighted by atomic mass is 16.5. The van der Waals surface area contributed by atoms with Crippen molar-refractivity contribution >= 4 is 5.96 Å². The number of nitrogens with zero attached hydrogens (tertiary/aromatic N) is 3. The number of guanidine groups is 1. The molecule has 2 aromatic rings. The van der Waals surface area contributed by atoms with Gasteiger partial charge in [-0.05, 0) is 37.7 Å². The molecule has 0 radical (unpaired) electrons. The summed E-state index contributed by atoms with van der Waals surface area (Å²) in [4.78, 5) is 7.06. The predicted octanol–water partition coefficient (Wildman–Crippen LogP) is 3.09. The summed E-state index contributed by atoms with van der Waals surface area (Å²) < 4.78 is 4.87. The highest BCUT2D eigenvalue weighted by Gasteiger charge is 2.21. The summed E-state index contributed by atoms with van der Waals surface area (Å²) in [6.45, 7) is 5.66. The SMILES string of the molecule is CCNC(=NCc1ccon1)N1CCC(Cc2ccccc2)CC1. The molecule has 5 heteroatoms. The second-order valence-corrected chi connectivity index (χ2v) is 6.28. The third-order valence-electron chi connectivity index (χ3n) is 4.50. The predicted molar refractivity (Wildman–Crippen MR) is 95.8 cm³/mol. The summed E-state index contributed by atoms with van der Waals surface area (Å²) in [5, 5.41) is 7.32. The number of piperidine rings is 1. The molecule has 1 N–H and O–H groups in total. The Kier molecular flexibility index (Phi) is 5.88. The van der Waals surface area contributed by atoms with Crippen molar-refractivity contribution in [1.82, 2.24) is 15.4 Å². The van der Waals surface area contributed by atoms with Crippen LogP contribution in [0.1, 0.15) is 31.0 Å². The lowest BCUT2D eigenvalue weighted by Crippen LogP contribution is -2.45. The number of hydrogen-bond acceptors (Lipinski definition) is 3. The van der Waals surface area contributed by atoms with E-state index in [2.05, 4.69) is 52.6 Å². The van der Waals surface area contributed by atoms with E-state index in [1.807, 2.05) is 6.07 Å². The van der Waals surface area contributed by atoms with Crippen LogP contribution in [0.3, 0.4) is 0 Å². The summed E-state index contributed by atoms with van der Waals surface area (Å²) in [7, 11) is 0. The van der Waals surface area contributed by atoms with Crippen LogP contribution in [0.5, 0.6) is 0 Å². The monoisotopic (exact) mass is 326 g/mol. The van der Waals surface area contributed by atoms with E-state index in [-0.39, 0.29) is 0 Å². The zero-order valence-corrected chi connectivity index (χ0v) is 14.3. The first-order chi connectivity index (χ1) is 11.8. The van der Waals surface area contributed by atoms with Gasteiger partial charge in [-0.15, -0.1) is 0 Å². The van der Waals surface area contributed by atoms with Gasteiger partial charge in [-0.2, -0.15) is 0 Å². The standard InChI is InChI=1S/C19H26N4O/c1-2-20-19(21-15-18-10-13-24-22-18)23-11-8-17(9-12-23)14-16-6-4-3-5-7-16/h3-7,10,13,17H,2,8-9,11-12,14-15H2,1H3,(H,20,21). The van der Waals surface area contributed by atoms with Gasteiger partial charge in [0.25, 0.3) is 0 Å². The van der Waals surface area contributed by atoms with E-state index in [1.165, 1.54) is 24.8 Å². The number of likely N-dealkylation sites (tertiary alicyclic amines) is 1. The summed E-state index contributed by atoms with van der Waals surface area (Å²) in [6.07, 6.45) is 5.20. The molecule has 2 heterocycles. The van der Waals surface area contributed by atoms with Crippen LogP contribution < -0.4 is 5.32 Å². The quantitative estimate of drug-likeness (QED) is 0.677. The molecule has 1 aromatic heterocycles. The number of hydrogen-bond donors (Lipinski definition) is 1. The molecule has 3 rings (SSSR count). The minimum atomic E-state index is 0.558. The maximum atomic E-state index is 4.87. The first kappa shape index (κ1) is 16.6. The number of aliphatic imine (C=N–C) groups is 1. The first-order valence-electron chi connectivity index (χ1n) is 8.81. The van der Waals surface area contributed by atoms with Gasteiger partial charge in [-0.25, -0.2) is 4.99 Å². The highest BCUT2D eigenvalue weighted by Crippen LogP contribution is 2.21. The van der Waals surface area contributed by atoms with Gasteiger partial charge in [0, 0.05) is 25.7 Å². The molecule has 1 fully saturated rings. The molecule has 0 bridgehead atoms. The fourth-order valence-electron chi connectivity index (χ4n) is 3.20. The van der Waals surface area contributed by atoms with Gasteiger partial charge in [-0.3, -0.25) is 0 Å². The zero-order chi connectivity index (χ0) is 16.6. The van der Waals surface area contributed by atoms with Crippen LogP contribution in [0.4, 0.5) is 0 Å². The molecule has 1 aromatic carbocycles. The van der Waals surface area contributed by atoms with Gasteiger partial charge in [0.05, 0.1) is 6.54 Å². The lowest BCUT2D eigenvalue weighted by atomic mass is 9.90. The Morgan fingerprint density at radius 3 is 2.71 bits per heavy atom. The Morgan fingerprint density at radius 2 is 2.04 bits per heavy atom. The van der Waals surface area contributed by atoms with E-state index in [1.54, 1.807) is 6.26 Å². The molecular formula is C19H26N4O. The van der Waals surface area contributed by atoms with E-state index in [0.717, 1.165) is 37.2 Å². The van der Waals surface area contributed by atoms with E-state index in [4.69, 9.17) is 9.52 Å². The number of aromatic nitrogens is 1. The van der Waals surface area contributed by atoms with E-state index in [0.29, 0.717) is 6.54 Å². The van der Waals surface area contributed by atoms with Gasteiger partial charge >= 0.3 is 0 Å². The van der Waals surface area contributed by atoms with Gasteiger partial charge < -0.3 is 14.7 Å². The molecule has 0 aliphatic carbocycles. The maximum Gasteiger partial charge on any atom is 0.194 e. The Morgan fingerprint density at radius 1 is 1.25 bits per heavy atom. The molecular weight excluding hydrogens is 300 g/mol. The summed E-state index contributed by atoms with van der Waals surface area (Å²) in [5.74, 6) is 1.75. The molecule has 0 spiro atoms. The third-order valence-corrected chi connectivity index (χ3v) is 4.50. The Bertz CT molecular complexity index is 616. The molecule has 1 aliphatic heterocycles. The van der Waals surface area contributed by atoms with Crippen LogP contribution in [0, 0.1) is 5.92 Å². The van der Waals surface area contributed by atoms with E-state index >= 15 is 0 Å². The van der Waals surface area contributed by atoms with Gasteiger partial charge in [-0.1, -0.05) is 35.5 Å². The second-order valence-electron chi connectivity index (χ2n) is 6.28. The maximum absolute atomic E-state index is 4.87. The van der Waals surface area contributed by atoms with Gasteiger partial charge in [0.2, 0.25) is 0 Å². The molecule has 5 nitrogen and oxygen atoms in total. The highest BCUT2D eigenvalue weighted by molar-refractivity contribution is 5.80. The first-order valence-corrected chi connectivity index (χ1v) is 8.81. The molecule has 0 atom stereocenters. The summed E-state index contributed by atoms with van der Waals surface area (Å²) in [6, 6.07) is 12.7. The molecule has 128 valence electrons. The van der Waals surface area contributed by atoms with Crippen LogP contribution >= 0.6 is 0 Å². The van der Waals surface area contributed by atoms with Crippen LogP contribution in [0.25, 0.3) is 0 Å². The fourth-order valence-corrected chi connectivity index (χ4v) is 3.20. The fraction of sp³-hybridized carbons (Fsp3) is 0.474. The van der Waals surface area contributed by atoms with E-state index < -0.39 is 0 Å². The minimum absolute atomic E-state index is 0.558. The summed E-state index contributed by atoms with van der Waals surface area (Å²) >= 11 is 0. The zero-order valence-electron chi connectivity index (χ0n) is 14.3. The van der Waals surface area contributed by atoms with E-state index in [9.17, 15) is 0 Å². The number of rotatable bonds is 5. The molecule has 1 aliphatic rings. The van der Waals surface area contributed by atoms with Crippen molar-refractivity contribution < 1.29 is 4.52 Å². The second kappa shape index (κ2) is 8.52. The normalized spacial score (nSPS) is 16.4. The summed E-state index contributed by atoms with van der Waals surface area (Å²) in [5.41, 5.74) is 2.31. The van der Waals surface area contributed by atoms with Crippen LogP contribution in [-0.4, -0.2) is 35.7 Å². The number of nitrogens with one attached hydrogen (secondary N) is 1. The van der Waals surface area contributed by atoms with Crippen molar-refractivity contribution in [3.8, 4) is 0 Å². The Balaban J connectivity index is 1.54. The van der Waals surface area contributed by atoms with Crippen molar-refractivity contribution in [1.29, 1.82) is 0 Å². The minimum Gasteiger partial charge on any atom is -0.364 e. The molecule has 0 amide bonds. The molecule has 24 heavy (non-hydrogen) atoms. The third kappa shape index (κ3) is 4.60. The van der Waals surface area contributed by atoms with Gasteiger partial charge in [0.1, 0.15) is 12.0 Å². The van der Waals surface area contributed by atoms with Crippen molar-refractivity contribution in [2.75, 3.05) is 19.6 Å².